The van der Waals surface area contributed by atoms with Gasteiger partial charge in [-0.25, -0.2) is 4.79 Å². The van der Waals surface area contributed by atoms with Gasteiger partial charge in [0.2, 0.25) is 0 Å². The van der Waals surface area contributed by atoms with Crippen LogP contribution in [0, 0.1) is 11.3 Å². The molecular weight excluding hydrogens is 440 g/mol. The maximum absolute atomic E-state index is 12.9. The third-order valence-corrected chi connectivity index (χ3v) is 6.33. The molecule has 0 atom stereocenters. The fraction of sp³-hybridized carbons (Fsp3) is 0.136. The van der Waals surface area contributed by atoms with Crippen molar-refractivity contribution in [1.29, 1.82) is 5.26 Å². The van der Waals surface area contributed by atoms with Crippen LogP contribution >= 0.6 is 34.3 Å². The van der Waals surface area contributed by atoms with Gasteiger partial charge in [0.1, 0.15) is 22.2 Å². The molecule has 2 aromatic heterocycles. The van der Waals surface area contributed by atoms with Crippen molar-refractivity contribution in [2.75, 3.05) is 11.9 Å². The minimum absolute atomic E-state index is 0.0433. The number of anilines is 1. The van der Waals surface area contributed by atoms with Crippen LogP contribution in [0.4, 0.5) is 5.00 Å². The van der Waals surface area contributed by atoms with Crippen LogP contribution in [0.15, 0.2) is 52.7 Å². The molecule has 1 N–H and O–H groups in total. The minimum atomic E-state index is -0.588. The Balaban J connectivity index is 1.97. The summed E-state index contributed by atoms with van der Waals surface area (Å²) in [7, 11) is 0. The molecule has 30 heavy (non-hydrogen) atoms. The van der Waals surface area contributed by atoms with Crippen LogP contribution in [0.2, 0.25) is 5.02 Å². The highest BCUT2D eigenvalue weighted by molar-refractivity contribution is 7.17. The molecule has 2 heterocycles. The van der Waals surface area contributed by atoms with Gasteiger partial charge in [0.25, 0.3) is 5.91 Å². The topological polar surface area (TPSA) is 79.2 Å². The van der Waals surface area contributed by atoms with Gasteiger partial charge in [0, 0.05) is 20.8 Å². The lowest BCUT2D eigenvalue weighted by Crippen LogP contribution is -2.16. The van der Waals surface area contributed by atoms with E-state index in [2.05, 4.69) is 5.32 Å². The molecule has 3 rings (SSSR count). The van der Waals surface area contributed by atoms with Gasteiger partial charge in [-0.15, -0.1) is 22.7 Å². The molecule has 0 aliphatic heterocycles. The van der Waals surface area contributed by atoms with E-state index in [4.69, 9.17) is 16.3 Å². The van der Waals surface area contributed by atoms with E-state index in [9.17, 15) is 14.9 Å². The Morgan fingerprint density at radius 2 is 1.93 bits per heavy atom. The highest BCUT2D eigenvalue weighted by Gasteiger charge is 2.24. The minimum Gasteiger partial charge on any atom is -0.462 e. The molecule has 1 amide bonds. The van der Waals surface area contributed by atoms with Gasteiger partial charge in [-0.1, -0.05) is 29.8 Å². The number of hydrogen-bond donors (Lipinski definition) is 1. The Labute approximate surface area is 187 Å². The van der Waals surface area contributed by atoms with E-state index in [1.165, 1.54) is 22.7 Å². The zero-order valence-electron chi connectivity index (χ0n) is 16.2. The van der Waals surface area contributed by atoms with Crippen LogP contribution in [-0.2, 0) is 9.53 Å². The summed E-state index contributed by atoms with van der Waals surface area (Å²) >= 11 is 8.62. The molecule has 0 saturated heterocycles. The standard InChI is InChI=1S/C22H17ClN2O3S2/c1-3-28-22(27)19-17(18-5-4-10-29-18)12-30-21(19)25-20(26)16(11-24)13(2)14-6-8-15(23)9-7-14/h4-10,12H,3H2,1-2H3,(H,25,26). The normalized spacial score (nSPS) is 11.4. The van der Waals surface area contributed by atoms with Crippen LogP contribution in [0.3, 0.4) is 0 Å². The second kappa shape index (κ2) is 9.72. The molecule has 0 aliphatic rings. The molecular formula is C22H17ClN2O3S2. The molecule has 152 valence electrons. The highest BCUT2D eigenvalue weighted by atomic mass is 35.5. The average molecular weight is 457 g/mol. The molecule has 5 nitrogen and oxygen atoms in total. The predicted molar refractivity (Wildman–Crippen MR) is 122 cm³/mol. The lowest BCUT2D eigenvalue weighted by atomic mass is 10.0. The summed E-state index contributed by atoms with van der Waals surface area (Å²) in [5, 5.41) is 16.9. The zero-order valence-corrected chi connectivity index (χ0v) is 18.6. The van der Waals surface area contributed by atoms with Crippen molar-refractivity contribution in [3.05, 3.63) is 68.9 Å². The third-order valence-electron chi connectivity index (χ3n) is 4.28. The number of carbonyl (C=O) groups excluding carboxylic acids is 2. The molecule has 8 heteroatoms. The summed E-state index contributed by atoms with van der Waals surface area (Å²) < 4.78 is 5.19. The first-order chi connectivity index (χ1) is 14.5. The molecule has 0 aliphatic carbocycles. The van der Waals surface area contributed by atoms with E-state index < -0.39 is 11.9 Å². The molecule has 0 spiro atoms. The summed E-state index contributed by atoms with van der Waals surface area (Å²) in [5.41, 5.74) is 2.17. The summed E-state index contributed by atoms with van der Waals surface area (Å²) in [6.07, 6.45) is 0. The molecule has 0 radical (unpaired) electrons. The third kappa shape index (κ3) is 4.62. The van der Waals surface area contributed by atoms with Crippen LogP contribution in [0.1, 0.15) is 29.8 Å². The van der Waals surface area contributed by atoms with Gasteiger partial charge < -0.3 is 10.1 Å². The first kappa shape index (κ1) is 21.8. The Bertz CT molecular complexity index is 1140. The second-order valence-electron chi connectivity index (χ2n) is 6.12. The highest BCUT2D eigenvalue weighted by Crippen LogP contribution is 2.38. The van der Waals surface area contributed by atoms with Gasteiger partial charge >= 0.3 is 5.97 Å². The first-order valence-corrected chi connectivity index (χ1v) is 11.1. The maximum Gasteiger partial charge on any atom is 0.341 e. The number of nitriles is 1. The zero-order chi connectivity index (χ0) is 21.7. The number of benzene rings is 1. The number of rotatable bonds is 6. The lowest BCUT2D eigenvalue weighted by Gasteiger charge is -2.09. The summed E-state index contributed by atoms with van der Waals surface area (Å²) in [5.74, 6) is -1.11. The number of ether oxygens (including phenoxy) is 1. The fourth-order valence-corrected chi connectivity index (χ4v) is 4.68. The molecule has 0 bridgehead atoms. The SMILES string of the molecule is CCOC(=O)c1c(-c2cccs2)csc1NC(=O)C(C#N)=C(C)c1ccc(Cl)cc1. The quantitative estimate of drug-likeness (QED) is 0.270. The van der Waals surface area contributed by atoms with Crippen LogP contribution in [0.25, 0.3) is 16.0 Å². The fourth-order valence-electron chi connectivity index (χ4n) is 2.78. The number of nitrogens with zero attached hydrogens (tertiary/aromatic N) is 1. The predicted octanol–water partition coefficient (Wildman–Crippen LogP) is 6.24. The van der Waals surface area contributed by atoms with Crippen LogP contribution in [-0.4, -0.2) is 18.5 Å². The summed E-state index contributed by atoms with van der Waals surface area (Å²) in [4.78, 5) is 26.4. The lowest BCUT2D eigenvalue weighted by molar-refractivity contribution is -0.112. The number of carbonyl (C=O) groups is 2. The molecule has 0 unspecified atom stereocenters. The Kier molecular flexibility index (Phi) is 7.06. The molecule has 0 saturated carbocycles. The number of amides is 1. The van der Waals surface area contributed by atoms with Crippen LogP contribution in [0.5, 0.6) is 0 Å². The van der Waals surface area contributed by atoms with Crippen molar-refractivity contribution in [3.8, 4) is 16.5 Å². The summed E-state index contributed by atoms with van der Waals surface area (Å²) in [6, 6.07) is 12.6. The van der Waals surface area contributed by atoms with Crippen molar-refractivity contribution in [3.63, 3.8) is 0 Å². The van der Waals surface area contributed by atoms with E-state index in [0.29, 0.717) is 32.3 Å². The van der Waals surface area contributed by atoms with Crippen molar-refractivity contribution in [2.45, 2.75) is 13.8 Å². The number of thiophene rings is 2. The van der Waals surface area contributed by atoms with Gasteiger partial charge in [0.15, 0.2) is 0 Å². The van der Waals surface area contributed by atoms with Crippen molar-refractivity contribution in [1.82, 2.24) is 0 Å². The monoisotopic (exact) mass is 456 g/mol. The van der Waals surface area contributed by atoms with Crippen molar-refractivity contribution in [2.24, 2.45) is 0 Å². The number of hydrogen-bond acceptors (Lipinski definition) is 6. The van der Waals surface area contributed by atoms with Crippen molar-refractivity contribution >= 4 is 56.7 Å². The van der Waals surface area contributed by atoms with Crippen LogP contribution < -0.4 is 5.32 Å². The van der Waals surface area contributed by atoms with Gasteiger partial charge in [-0.2, -0.15) is 5.26 Å². The largest absolute Gasteiger partial charge is 0.462 e. The molecule has 3 aromatic rings. The van der Waals surface area contributed by atoms with E-state index in [0.717, 1.165) is 4.88 Å². The first-order valence-electron chi connectivity index (χ1n) is 8.97. The van der Waals surface area contributed by atoms with E-state index in [-0.39, 0.29) is 12.2 Å². The smallest absolute Gasteiger partial charge is 0.341 e. The second-order valence-corrected chi connectivity index (χ2v) is 8.39. The molecule has 0 fully saturated rings. The average Bonchev–Trinajstić information content (AvgIpc) is 3.39. The number of halogens is 1. The maximum atomic E-state index is 12.9. The number of allylic oxidation sites excluding steroid dienone is 1. The van der Waals surface area contributed by atoms with E-state index in [1.807, 2.05) is 23.6 Å². The van der Waals surface area contributed by atoms with Gasteiger partial charge in [0.05, 0.1) is 6.61 Å². The van der Waals surface area contributed by atoms with Gasteiger partial charge in [-0.05, 0) is 48.6 Å². The van der Waals surface area contributed by atoms with E-state index in [1.54, 1.807) is 43.5 Å². The molecule has 1 aromatic carbocycles. The number of nitrogens with one attached hydrogen (secondary N) is 1. The van der Waals surface area contributed by atoms with E-state index >= 15 is 0 Å². The number of esters is 1. The van der Waals surface area contributed by atoms with Gasteiger partial charge in [-0.3, -0.25) is 4.79 Å². The Morgan fingerprint density at radius 3 is 2.53 bits per heavy atom. The Morgan fingerprint density at radius 1 is 1.20 bits per heavy atom. The summed E-state index contributed by atoms with van der Waals surface area (Å²) in [6.45, 7) is 3.63. The Hall–Kier alpha value is -2.92. The van der Waals surface area contributed by atoms with Crippen molar-refractivity contribution < 1.29 is 14.3 Å².